The Morgan fingerprint density at radius 1 is 1.25 bits per heavy atom. The fraction of sp³-hybridized carbons (Fsp3) is 0.867. The van der Waals surface area contributed by atoms with Crippen LogP contribution in [0.2, 0.25) is 0 Å². The third kappa shape index (κ3) is 3.32. The van der Waals surface area contributed by atoms with Crippen LogP contribution in [0.3, 0.4) is 0 Å². The molecule has 0 N–H and O–H groups in total. The maximum atomic E-state index is 12.5. The van der Waals surface area contributed by atoms with Crippen molar-refractivity contribution in [3.05, 3.63) is 0 Å². The van der Waals surface area contributed by atoms with E-state index in [9.17, 15) is 9.59 Å². The van der Waals surface area contributed by atoms with Gasteiger partial charge in [0.05, 0.1) is 0 Å². The van der Waals surface area contributed by atoms with Crippen LogP contribution >= 0.6 is 0 Å². The summed E-state index contributed by atoms with van der Waals surface area (Å²) in [6.45, 7) is 8.79. The summed E-state index contributed by atoms with van der Waals surface area (Å²) in [5.41, 5.74) is -0.522. The normalized spacial score (nSPS) is 30.6. The Hall–Kier alpha value is -1.10. The Bertz CT molecular complexity index is 388. The molecular formula is C15H25NO4. The lowest BCUT2D eigenvalue weighted by Gasteiger charge is -2.29. The van der Waals surface area contributed by atoms with Crippen LogP contribution in [0.1, 0.15) is 47.0 Å². The van der Waals surface area contributed by atoms with Gasteiger partial charge < -0.3 is 14.4 Å². The third-order valence-electron chi connectivity index (χ3n) is 3.85. The molecule has 2 unspecified atom stereocenters. The van der Waals surface area contributed by atoms with Crippen molar-refractivity contribution in [1.82, 2.24) is 4.90 Å². The van der Waals surface area contributed by atoms with E-state index in [0.29, 0.717) is 19.6 Å². The summed E-state index contributed by atoms with van der Waals surface area (Å²) in [6.07, 6.45) is 2.04. The molecular weight excluding hydrogens is 258 g/mol. The summed E-state index contributed by atoms with van der Waals surface area (Å²) in [5.74, 6) is -0.125. The van der Waals surface area contributed by atoms with Crippen molar-refractivity contribution in [2.75, 3.05) is 13.2 Å². The first-order valence-electron chi connectivity index (χ1n) is 7.44. The molecule has 5 heteroatoms. The molecule has 2 heterocycles. The van der Waals surface area contributed by atoms with Gasteiger partial charge in [0.25, 0.3) is 5.91 Å². The minimum absolute atomic E-state index is 0.0524. The van der Waals surface area contributed by atoms with Crippen LogP contribution in [0.25, 0.3) is 0 Å². The lowest BCUT2D eigenvalue weighted by atomic mass is 10.0. The SMILES string of the molecule is CC1CCOC1C(=O)N1CCC[C@H]1C(=O)OC(C)(C)C. The molecule has 0 spiro atoms. The maximum Gasteiger partial charge on any atom is 0.329 e. The average Bonchev–Trinajstić information content (AvgIpc) is 2.93. The number of carbonyl (C=O) groups excluding carboxylic acids is 2. The van der Waals surface area contributed by atoms with Gasteiger partial charge in [-0.3, -0.25) is 4.79 Å². The van der Waals surface area contributed by atoms with Crippen molar-refractivity contribution >= 4 is 11.9 Å². The number of nitrogens with zero attached hydrogens (tertiary/aromatic N) is 1. The van der Waals surface area contributed by atoms with Crippen LogP contribution < -0.4 is 0 Å². The van der Waals surface area contributed by atoms with Crippen LogP contribution in [0.4, 0.5) is 0 Å². The second-order valence-electron chi connectivity index (χ2n) is 6.78. The van der Waals surface area contributed by atoms with Gasteiger partial charge in [0.15, 0.2) is 0 Å². The maximum absolute atomic E-state index is 12.5. The summed E-state index contributed by atoms with van der Waals surface area (Å²) in [6, 6.07) is -0.446. The van der Waals surface area contributed by atoms with Crippen molar-refractivity contribution in [3.8, 4) is 0 Å². The van der Waals surface area contributed by atoms with Crippen molar-refractivity contribution in [2.45, 2.75) is 64.7 Å². The Balaban J connectivity index is 2.03. The van der Waals surface area contributed by atoms with E-state index < -0.39 is 17.7 Å². The van der Waals surface area contributed by atoms with E-state index in [4.69, 9.17) is 9.47 Å². The largest absolute Gasteiger partial charge is 0.458 e. The van der Waals surface area contributed by atoms with E-state index in [1.807, 2.05) is 27.7 Å². The molecule has 20 heavy (non-hydrogen) atoms. The molecule has 114 valence electrons. The molecule has 3 atom stereocenters. The zero-order valence-corrected chi connectivity index (χ0v) is 12.8. The Kier molecular flexibility index (Phi) is 4.37. The van der Waals surface area contributed by atoms with Crippen molar-refractivity contribution in [2.24, 2.45) is 5.92 Å². The van der Waals surface area contributed by atoms with Crippen LogP contribution in [-0.2, 0) is 19.1 Å². The molecule has 0 aromatic rings. The van der Waals surface area contributed by atoms with E-state index in [2.05, 4.69) is 0 Å². The van der Waals surface area contributed by atoms with Gasteiger partial charge in [-0.1, -0.05) is 6.92 Å². The number of esters is 1. The van der Waals surface area contributed by atoms with Crippen molar-refractivity contribution in [3.63, 3.8) is 0 Å². The summed E-state index contributed by atoms with van der Waals surface area (Å²) in [5, 5.41) is 0. The fourth-order valence-electron chi connectivity index (χ4n) is 2.82. The number of likely N-dealkylation sites (tertiary alicyclic amines) is 1. The molecule has 0 aliphatic carbocycles. The van der Waals surface area contributed by atoms with Gasteiger partial charge in [-0.05, 0) is 46.0 Å². The number of rotatable bonds is 2. The topological polar surface area (TPSA) is 55.8 Å². The molecule has 0 saturated carbocycles. The third-order valence-corrected chi connectivity index (χ3v) is 3.85. The highest BCUT2D eigenvalue weighted by molar-refractivity contribution is 5.88. The zero-order valence-electron chi connectivity index (χ0n) is 12.8. The van der Waals surface area contributed by atoms with Gasteiger partial charge in [-0.2, -0.15) is 0 Å². The summed E-state index contributed by atoms with van der Waals surface area (Å²) in [7, 11) is 0. The second-order valence-corrected chi connectivity index (χ2v) is 6.78. The predicted octanol–water partition coefficient (Wildman–Crippen LogP) is 1.74. The van der Waals surface area contributed by atoms with Crippen molar-refractivity contribution in [1.29, 1.82) is 0 Å². The van der Waals surface area contributed by atoms with E-state index in [0.717, 1.165) is 12.8 Å². The van der Waals surface area contributed by atoms with E-state index in [1.165, 1.54) is 0 Å². The van der Waals surface area contributed by atoms with Crippen molar-refractivity contribution < 1.29 is 19.1 Å². The number of carbonyl (C=O) groups is 2. The van der Waals surface area contributed by atoms with Crippen LogP contribution in [0, 0.1) is 5.92 Å². The highest BCUT2D eigenvalue weighted by Crippen LogP contribution is 2.27. The van der Waals surface area contributed by atoms with Gasteiger partial charge >= 0.3 is 5.97 Å². The fourth-order valence-corrected chi connectivity index (χ4v) is 2.82. The molecule has 2 fully saturated rings. The van der Waals surface area contributed by atoms with Gasteiger partial charge in [0.2, 0.25) is 0 Å². The molecule has 5 nitrogen and oxygen atoms in total. The van der Waals surface area contributed by atoms with Crippen LogP contribution in [-0.4, -0.2) is 47.7 Å². The Labute approximate surface area is 120 Å². The highest BCUT2D eigenvalue weighted by atomic mass is 16.6. The first kappa shape index (κ1) is 15.3. The molecule has 2 aliphatic rings. The molecule has 0 bridgehead atoms. The number of hydrogen-bond acceptors (Lipinski definition) is 4. The van der Waals surface area contributed by atoms with E-state index in [-0.39, 0.29) is 17.8 Å². The van der Waals surface area contributed by atoms with Gasteiger partial charge in [0.1, 0.15) is 17.7 Å². The first-order valence-corrected chi connectivity index (χ1v) is 7.44. The van der Waals surface area contributed by atoms with Crippen LogP contribution in [0.15, 0.2) is 0 Å². The molecule has 0 aromatic heterocycles. The molecule has 0 aromatic carbocycles. The minimum atomic E-state index is -0.522. The molecule has 0 radical (unpaired) electrons. The van der Waals surface area contributed by atoms with E-state index >= 15 is 0 Å². The van der Waals surface area contributed by atoms with E-state index in [1.54, 1.807) is 4.90 Å². The minimum Gasteiger partial charge on any atom is -0.458 e. The number of amides is 1. The second kappa shape index (κ2) is 5.72. The monoisotopic (exact) mass is 283 g/mol. The highest BCUT2D eigenvalue weighted by Gasteiger charge is 2.42. The molecule has 2 rings (SSSR count). The zero-order chi connectivity index (χ0) is 14.9. The van der Waals surface area contributed by atoms with Gasteiger partial charge in [0, 0.05) is 13.2 Å². The summed E-state index contributed by atoms with van der Waals surface area (Å²) in [4.78, 5) is 26.4. The van der Waals surface area contributed by atoms with Gasteiger partial charge in [-0.25, -0.2) is 4.79 Å². The smallest absolute Gasteiger partial charge is 0.329 e. The summed E-state index contributed by atoms with van der Waals surface area (Å²) >= 11 is 0. The standard InChI is InChI=1S/C15H25NO4/c1-10-7-9-19-12(10)13(17)16-8-5-6-11(16)14(18)20-15(2,3)4/h10-12H,5-9H2,1-4H3/t10?,11-,12?/m0/s1. The predicted molar refractivity (Wildman–Crippen MR) is 74.1 cm³/mol. The first-order chi connectivity index (χ1) is 9.29. The molecule has 2 aliphatic heterocycles. The molecule has 1 amide bonds. The Morgan fingerprint density at radius 3 is 2.50 bits per heavy atom. The van der Waals surface area contributed by atoms with Crippen LogP contribution in [0.5, 0.6) is 0 Å². The van der Waals surface area contributed by atoms with Gasteiger partial charge in [-0.15, -0.1) is 0 Å². The lowest BCUT2D eigenvalue weighted by molar-refractivity contribution is -0.165. The Morgan fingerprint density at radius 2 is 1.95 bits per heavy atom. The lowest BCUT2D eigenvalue weighted by Crippen LogP contribution is -2.48. The molecule has 2 saturated heterocycles. The summed E-state index contributed by atoms with van der Waals surface area (Å²) < 4.78 is 10.9. The average molecular weight is 283 g/mol. The number of hydrogen-bond donors (Lipinski definition) is 0. The number of ether oxygens (including phenoxy) is 2. The quantitative estimate of drug-likeness (QED) is 0.724.